The summed E-state index contributed by atoms with van der Waals surface area (Å²) in [5, 5.41) is 9.41. The van der Waals surface area contributed by atoms with E-state index in [1.54, 1.807) is 0 Å². The van der Waals surface area contributed by atoms with Crippen LogP contribution in [0.5, 0.6) is 0 Å². The molecule has 0 atom stereocenters. The van der Waals surface area contributed by atoms with Gasteiger partial charge in [-0.1, -0.05) is 29.8 Å². The summed E-state index contributed by atoms with van der Waals surface area (Å²) in [7, 11) is 2.09. The van der Waals surface area contributed by atoms with Crippen molar-refractivity contribution in [1.82, 2.24) is 14.9 Å². The molecule has 2 heterocycles. The fourth-order valence-electron chi connectivity index (χ4n) is 3.77. The molecule has 1 fully saturated rings. The van der Waals surface area contributed by atoms with Crippen LogP contribution < -0.4 is 20.9 Å². The third-order valence-corrected chi connectivity index (χ3v) is 6.37. The Hall–Kier alpha value is -3.40. The largest absolute Gasteiger partial charge is 0.367 e. The fourth-order valence-corrected chi connectivity index (χ4v) is 4.09. The predicted octanol–water partition coefficient (Wildman–Crippen LogP) is 5.59. The Morgan fingerprint density at radius 3 is 2.53 bits per heavy atom. The number of carbonyl (C=O) groups is 1. The Kier molecular flexibility index (Phi) is 7.93. The summed E-state index contributed by atoms with van der Waals surface area (Å²) in [5.41, 5.74) is 3.78. The van der Waals surface area contributed by atoms with Crippen molar-refractivity contribution in [3.8, 4) is 0 Å². The highest BCUT2D eigenvalue weighted by Crippen LogP contribution is 2.34. The summed E-state index contributed by atoms with van der Waals surface area (Å²) in [4.78, 5) is 25.4. The molecular formula is C25H26Cl2FN7O. The van der Waals surface area contributed by atoms with E-state index in [9.17, 15) is 9.18 Å². The van der Waals surface area contributed by atoms with Gasteiger partial charge < -0.3 is 25.8 Å². The van der Waals surface area contributed by atoms with Crippen LogP contribution in [0.25, 0.3) is 0 Å². The lowest BCUT2D eigenvalue weighted by molar-refractivity contribution is -0.111. The van der Waals surface area contributed by atoms with Gasteiger partial charge in [-0.3, -0.25) is 4.79 Å². The Morgan fingerprint density at radius 1 is 1.08 bits per heavy atom. The zero-order valence-electron chi connectivity index (χ0n) is 19.9. The zero-order valence-corrected chi connectivity index (χ0v) is 21.4. The topological polar surface area (TPSA) is 85.4 Å². The monoisotopic (exact) mass is 529 g/mol. The van der Waals surface area contributed by atoms with Crippen LogP contribution in [0.4, 0.5) is 38.9 Å². The highest BCUT2D eigenvalue weighted by Gasteiger charge is 2.20. The molecule has 0 saturated carbocycles. The number of aryl methyl sites for hydroxylation is 1. The second kappa shape index (κ2) is 11.1. The Bertz CT molecular complexity index is 1300. The van der Waals surface area contributed by atoms with Crippen LogP contribution in [0.2, 0.25) is 10.0 Å². The van der Waals surface area contributed by atoms with E-state index in [0.717, 1.165) is 37.4 Å². The van der Waals surface area contributed by atoms with Crippen LogP contribution >= 0.6 is 23.2 Å². The number of benzene rings is 2. The standard InChI is InChI=1S/C25H26Cl2FN7O/c1-4-23(36)31-21-13-20(15(2)11-22(21)35-9-7-34(3)8-10-35)32-25-29-14-18(27)24(33-25)30-16-5-6-19(28)17(26)12-16/h4-6,11-14H,1,7-10H2,2-3H3,(H,31,36)(H2,29,30,32,33). The highest BCUT2D eigenvalue weighted by atomic mass is 35.5. The summed E-state index contributed by atoms with van der Waals surface area (Å²) in [6, 6.07) is 8.11. The zero-order chi connectivity index (χ0) is 25.8. The number of hydrogen-bond acceptors (Lipinski definition) is 7. The molecule has 3 N–H and O–H groups in total. The number of amides is 1. The number of hydrogen-bond donors (Lipinski definition) is 3. The quantitative estimate of drug-likeness (QED) is 0.343. The lowest BCUT2D eigenvalue weighted by Crippen LogP contribution is -2.44. The molecule has 0 bridgehead atoms. The fraction of sp³-hybridized carbons (Fsp3) is 0.240. The second-order valence-electron chi connectivity index (χ2n) is 8.44. The molecular weight excluding hydrogens is 504 g/mol. The van der Waals surface area contributed by atoms with Gasteiger partial charge in [0.25, 0.3) is 0 Å². The van der Waals surface area contributed by atoms with Crippen molar-refractivity contribution in [2.75, 3.05) is 54.1 Å². The Morgan fingerprint density at radius 2 is 1.83 bits per heavy atom. The molecule has 3 aromatic rings. The molecule has 1 aromatic heterocycles. The normalized spacial score (nSPS) is 13.9. The molecule has 0 spiro atoms. The highest BCUT2D eigenvalue weighted by molar-refractivity contribution is 6.33. The van der Waals surface area contributed by atoms with Gasteiger partial charge in [0, 0.05) is 37.6 Å². The van der Waals surface area contributed by atoms with Gasteiger partial charge in [-0.15, -0.1) is 0 Å². The van der Waals surface area contributed by atoms with Crippen LogP contribution in [-0.2, 0) is 4.79 Å². The summed E-state index contributed by atoms with van der Waals surface area (Å²) in [6.45, 7) is 9.09. The molecule has 1 aliphatic heterocycles. The average Bonchev–Trinajstić information content (AvgIpc) is 2.85. The van der Waals surface area contributed by atoms with Crippen LogP contribution in [0.3, 0.4) is 0 Å². The average molecular weight is 530 g/mol. The van der Waals surface area contributed by atoms with Gasteiger partial charge in [-0.2, -0.15) is 4.98 Å². The maximum atomic E-state index is 13.5. The number of likely N-dealkylation sites (N-methyl/N-ethyl adjacent to an activating group) is 1. The number of nitrogens with zero attached hydrogens (tertiary/aromatic N) is 4. The van der Waals surface area contributed by atoms with Gasteiger partial charge in [0.15, 0.2) is 5.82 Å². The van der Waals surface area contributed by atoms with Crippen molar-refractivity contribution >= 4 is 63.6 Å². The number of rotatable bonds is 7. The molecule has 1 saturated heterocycles. The summed E-state index contributed by atoms with van der Waals surface area (Å²) in [6.07, 6.45) is 2.70. The summed E-state index contributed by atoms with van der Waals surface area (Å²) >= 11 is 12.2. The van der Waals surface area contributed by atoms with Crippen molar-refractivity contribution in [1.29, 1.82) is 0 Å². The second-order valence-corrected chi connectivity index (χ2v) is 9.25. The minimum absolute atomic E-state index is 0.0197. The van der Waals surface area contributed by atoms with Crippen LogP contribution in [0.15, 0.2) is 49.2 Å². The maximum absolute atomic E-state index is 13.5. The first-order chi connectivity index (χ1) is 17.2. The van der Waals surface area contributed by atoms with Gasteiger partial charge in [-0.05, 0) is 55.9 Å². The molecule has 11 heteroatoms. The lowest BCUT2D eigenvalue weighted by atomic mass is 10.1. The smallest absolute Gasteiger partial charge is 0.247 e. The number of nitrogens with one attached hydrogen (secondary N) is 3. The first-order valence-corrected chi connectivity index (χ1v) is 12.0. The minimum Gasteiger partial charge on any atom is -0.367 e. The Balaban J connectivity index is 1.62. The Labute approximate surface area is 219 Å². The van der Waals surface area contributed by atoms with Crippen LogP contribution in [-0.4, -0.2) is 54.0 Å². The summed E-state index contributed by atoms with van der Waals surface area (Å²) in [5.74, 6) is -0.212. The van der Waals surface area contributed by atoms with Gasteiger partial charge in [0.2, 0.25) is 11.9 Å². The van der Waals surface area contributed by atoms with Crippen molar-refractivity contribution in [2.45, 2.75) is 6.92 Å². The third-order valence-electron chi connectivity index (χ3n) is 5.80. The first-order valence-electron chi connectivity index (χ1n) is 11.3. The van der Waals surface area contributed by atoms with Crippen molar-refractivity contribution in [3.63, 3.8) is 0 Å². The number of anilines is 6. The molecule has 1 amide bonds. The lowest BCUT2D eigenvalue weighted by Gasteiger charge is -2.35. The minimum atomic E-state index is -0.520. The number of halogens is 3. The van der Waals surface area contributed by atoms with Crippen molar-refractivity contribution in [3.05, 3.63) is 70.6 Å². The molecule has 2 aromatic carbocycles. The first kappa shape index (κ1) is 25.7. The van der Waals surface area contributed by atoms with E-state index in [2.05, 4.69) is 49.3 Å². The van der Waals surface area contributed by atoms with E-state index in [1.807, 2.05) is 19.1 Å². The molecule has 4 rings (SSSR count). The molecule has 0 aliphatic carbocycles. The molecule has 1 aliphatic rings. The van der Waals surface area contributed by atoms with Crippen LogP contribution in [0.1, 0.15) is 5.56 Å². The number of carbonyl (C=O) groups excluding carboxylic acids is 1. The van der Waals surface area contributed by atoms with Crippen molar-refractivity contribution in [2.24, 2.45) is 0 Å². The van der Waals surface area contributed by atoms with E-state index in [1.165, 1.54) is 30.5 Å². The van der Waals surface area contributed by atoms with Crippen molar-refractivity contribution < 1.29 is 9.18 Å². The summed E-state index contributed by atoms with van der Waals surface area (Å²) < 4.78 is 13.5. The van der Waals surface area contributed by atoms with E-state index in [-0.39, 0.29) is 21.9 Å². The molecule has 0 radical (unpaired) electrons. The SMILES string of the molecule is C=CC(=O)Nc1cc(Nc2ncc(Cl)c(Nc3ccc(F)c(Cl)c3)n2)c(C)cc1N1CCN(C)CC1. The third kappa shape index (κ3) is 6.04. The molecule has 0 unspecified atom stereocenters. The van der Waals surface area contributed by atoms with E-state index in [4.69, 9.17) is 23.2 Å². The van der Waals surface area contributed by atoms with Gasteiger partial charge in [-0.25, -0.2) is 9.37 Å². The molecule has 8 nitrogen and oxygen atoms in total. The van der Waals surface area contributed by atoms with E-state index in [0.29, 0.717) is 22.9 Å². The molecule has 36 heavy (non-hydrogen) atoms. The van der Waals surface area contributed by atoms with E-state index >= 15 is 0 Å². The molecule has 188 valence electrons. The van der Waals surface area contributed by atoms with Gasteiger partial charge in [0.05, 0.1) is 22.6 Å². The van der Waals surface area contributed by atoms with Crippen LogP contribution in [0, 0.1) is 12.7 Å². The maximum Gasteiger partial charge on any atom is 0.247 e. The van der Waals surface area contributed by atoms with Gasteiger partial charge >= 0.3 is 0 Å². The van der Waals surface area contributed by atoms with Gasteiger partial charge in [0.1, 0.15) is 10.8 Å². The number of piperazine rings is 1. The number of aromatic nitrogens is 2. The predicted molar refractivity (Wildman–Crippen MR) is 145 cm³/mol. The van der Waals surface area contributed by atoms with E-state index < -0.39 is 5.82 Å².